The number of carbonyl (C=O) groups excluding carboxylic acids is 3. The van der Waals surface area contributed by atoms with Gasteiger partial charge in [-0.2, -0.15) is 8.42 Å². The van der Waals surface area contributed by atoms with Gasteiger partial charge in [-0.15, -0.1) is 16.4 Å². The summed E-state index contributed by atoms with van der Waals surface area (Å²) in [5.74, 6) is -4.71. The highest BCUT2D eigenvalue weighted by molar-refractivity contribution is 7.84. The Bertz CT molecular complexity index is 1510. The zero-order chi connectivity index (χ0) is 31.6. The van der Waals surface area contributed by atoms with Gasteiger partial charge in [0.2, 0.25) is 11.5 Å². The minimum absolute atomic E-state index is 0.0353. The van der Waals surface area contributed by atoms with Crippen molar-refractivity contribution in [1.82, 2.24) is 29.6 Å². The average molecular weight is 631 g/mol. The van der Waals surface area contributed by atoms with Gasteiger partial charge in [0, 0.05) is 11.8 Å². The van der Waals surface area contributed by atoms with Crippen LogP contribution >= 0.6 is 11.3 Å². The van der Waals surface area contributed by atoms with E-state index in [1.807, 2.05) is 21.1 Å². The topological polar surface area (TPSA) is 249 Å². The Balaban J connectivity index is 1.80. The molecule has 0 saturated carbocycles. The molecule has 1 aliphatic heterocycles. The van der Waals surface area contributed by atoms with E-state index in [-0.39, 0.29) is 40.7 Å². The summed E-state index contributed by atoms with van der Waals surface area (Å²) >= 11 is 0.974. The highest BCUT2D eigenvalue weighted by atomic mass is 32.2. The fourth-order valence-corrected chi connectivity index (χ4v) is 5.26. The summed E-state index contributed by atoms with van der Waals surface area (Å²) in [6, 6.07) is -1.24. The van der Waals surface area contributed by atoms with Gasteiger partial charge in [-0.1, -0.05) is 10.4 Å². The van der Waals surface area contributed by atoms with E-state index in [2.05, 4.69) is 25.8 Å². The number of aromatic nitrogens is 4. The second-order valence-corrected chi connectivity index (χ2v) is 13.2. The Morgan fingerprint density at radius 1 is 1.29 bits per heavy atom. The van der Waals surface area contributed by atoms with Crippen LogP contribution in [0.5, 0.6) is 0 Å². The van der Waals surface area contributed by atoms with Gasteiger partial charge >= 0.3 is 16.3 Å². The highest BCUT2D eigenvalue weighted by Gasteiger charge is 2.54. The number of hydrogen-bond acceptors (Lipinski definition) is 13. The third-order valence-electron chi connectivity index (χ3n) is 5.91. The number of thiazole rings is 1. The van der Waals surface area contributed by atoms with Crippen molar-refractivity contribution in [2.75, 3.05) is 33.4 Å². The molecule has 0 radical (unpaired) electrons. The predicted octanol–water partition coefficient (Wildman–Crippen LogP) is -1.49. The lowest BCUT2D eigenvalue weighted by molar-refractivity contribution is -0.862. The number of nitrogen functional groups attached to an aromatic ring is 1. The summed E-state index contributed by atoms with van der Waals surface area (Å²) in [6.45, 7) is 2.38. The van der Waals surface area contributed by atoms with Crippen molar-refractivity contribution in [2.24, 2.45) is 11.1 Å². The fraction of sp³-hybridized carbons (Fsp3) is 0.545. The summed E-state index contributed by atoms with van der Waals surface area (Å²) in [6.07, 6.45) is 0.828. The van der Waals surface area contributed by atoms with Gasteiger partial charge in [0.1, 0.15) is 11.4 Å². The van der Waals surface area contributed by atoms with Crippen LogP contribution in [0.1, 0.15) is 31.7 Å². The molecule has 1 aliphatic rings. The zero-order valence-electron chi connectivity index (χ0n) is 23.4. The number of nitrogens with two attached hydrogens (primary N) is 1. The zero-order valence-corrected chi connectivity index (χ0v) is 25.0. The first kappa shape index (κ1) is 32.5. The molecule has 1 saturated heterocycles. The Morgan fingerprint density at radius 3 is 2.50 bits per heavy atom. The number of aliphatic carboxylic acids is 1. The number of carboxylic acids is 1. The molecule has 20 heteroatoms. The molecule has 0 bridgehead atoms. The molecule has 1 fully saturated rings. The van der Waals surface area contributed by atoms with E-state index in [0.717, 1.165) is 11.3 Å². The van der Waals surface area contributed by atoms with Crippen LogP contribution in [0.2, 0.25) is 0 Å². The molecule has 2 amide bonds. The van der Waals surface area contributed by atoms with Crippen LogP contribution in [0.4, 0.5) is 5.13 Å². The Morgan fingerprint density at radius 2 is 1.95 bits per heavy atom. The van der Waals surface area contributed by atoms with Crippen molar-refractivity contribution in [2.45, 2.75) is 45.0 Å². The van der Waals surface area contributed by atoms with Crippen LogP contribution in [-0.2, 0) is 47.4 Å². The minimum Gasteiger partial charge on any atom is -0.478 e. The smallest absolute Gasteiger partial charge is 0.362 e. The fourth-order valence-electron chi connectivity index (χ4n) is 3.79. The van der Waals surface area contributed by atoms with Crippen LogP contribution in [0.15, 0.2) is 16.7 Å². The van der Waals surface area contributed by atoms with Gasteiger partial charge in [-0.05, 0) is 13.8 Å². The molecule has 18 nitrogen and oxygen atoms in total. The van der Waals surface area contributed by atoms with Crippen molar-refractivity contribution in [3.63, 3.8) is 0 Å². The molecular weight excluding hydrogens is 598 g/mol. The summed E-state index contributed by atoms with van der Waals surface area (Å²) in [5, 5.41) is 25.0. The average Bonchev–Trinajstić information content (AvgIpc) is 3.47. The molecule has 5 N–H and O–H groups in total. The number of Topliss-reactive ketones (excluding diaryl/α,β-unsaturated/α-hetero) is 1. The Labute approximate surface area is 244 Å². The molecule has 2 atom stereocenters. The van der Waals surface area contributed by atoms with Crippen molar-refractivity contribution < 1.29 is 46.6 Å². The maximum absolute atomic E-state index is 13.3. The number of ketones is 1. The first-order chi connectivity index (χ1) is 19.3. The van der Waals surface area contributed by atoms with Crippen LogP contribution in [-0.4, -0.2) is 115 Å². The van der Waals surface area contributed by atoms with E-state index in [1.54, 1.807) is 0 Å². The number of carboxylic acid groups (broad SMARTS) is 1. The maximum Gasteiger partial charge on any atom is 0.362 e. The van der Waals surface area contributed by atoms with E-state index in [0.29, 0.717) is 10.2 Å². The number of nitrogens with one attached hydrogen (secondary N) is 1. The molecule has 3 heterocycles. The molecule has 3 rings (SSSR count). The number of hydrogen-bond donors (Lipinski definition) is 4. The molecule has 0 aromatic carbocycles. The number of nitrogens with zero attached hydrogens (tertiary/aromatic N) is 7. The summed E-state index contributed by atoms with van der Waals surface area (Å²) in [7, 11) is 0.562. The van der Waals surface area contributed by atoms with Gasteiger partial charge in [0.05, 0.1) is 52.4 Å². The van der Waals surface area contributed by atoms with E-state index >= 15 is 0 Å². The maximum atomic E-state index is 13.3. The second kappa shape index (κ2) is 12.1. The first-order valence-electron chi connectivity index (χ1n) is 12.3. The van der Waals surface area contributed by atoms with E-state index in [1.165, 1.54) is 30.1 Å². The molecule has 230 valence electrons. The predicted molar refractivity (Wildman–Crippen MR) is 146 cm³/mol. The summed E-state index contributed by atoms with van der Waals surface area (Å²) in [5.41, 5.74) is 3.72. The van der Waals surface area contributed by atoms with E-state index in [4.69, 9.17) is 10.6 Å². The number of quaternary nitrogens is 1. The molecule has 42 heavy (non-hydrogen) atoms. The monoisotopic (exact) mass is 630 g/mol. The summed E-state index contributed by atoms with van der Waals surface area (Å²) < 4.78 is 35.4. The minimum atomic E-state index is -4.99. The lowest BCUT2D eigenvalue weighted by Gasteiger charge is -2.43. The Kier molecular flexibility index (Phi) is 9.35. The van der Waals surface area contributed by atoms with Gasteiger partial charge in [-0.3, -0.25) is 23.6 Å². The van der Waals surface area contributed by atoms with Crippen molar-refractivity contribution in [3.05, 3.63) is 23.0 Å². The standard InChI is InChI=1S/C22H31N9O9S2/c1-22(2,20(35)36)40-27-18(14-11-41-21(23)25-14)16(32)6-13-15(30(19(13)34)42(37,38)39)9-29-8-12(26-28-29)7-24-17(33)10-31(3,4)5/h8,11,13,15H,6-7,9-10H2,1-5H3,(H4-,23,24,25,33,35,36,37,38,39)/p+1/b27-18-/t13-,15+/m0/s1. The van der Waals surface area contributed by atoms with Gasteiger partial charge in [-0.25, -0.2) is 14.1 Å². The van der Waals surface area contributed by atoms with Crippen LogP contribution in [0, 0.1) is 5.92 Å². The molecule has 0 aliphatic carbocycles. The third kappa shape index (κ3) is 8.05. The van der Waals surface area contributed by atoms with Gasteiger partial charge in [0.25, 0.3) is 5.91 Å². The number of oxime groups is 1. The lowest BCUT2D eigenvalue weighted by Crippen LogP contribution is -2.64. The highest BCUT2D eigenvalue weighted by Crippen LogP contribution is 2.34. The number of amides is 2. The normalized spacial score (nSPS) is 18.0. The number of β-lactam (4-membered cyclic amide) rings is 1. The molecule has 0 unspecified atom stereocenters. The van der Waals surface area contributed by atoms with Crippen LogP contribution in [0.3, 0.4) is 0 Å². The molecule has 2 aromatic rings. The van der Waals surface area contributed by atoms with Crippen LogP contribution in [0.25, 0.3) is 0 Å². The van der Waals surface area contributed by atoms with Gasteiger partial charge < -0.3 is 25.5 Å². The number of anilines is 1. The SMILES string of the molecule is CC(C)(O/N=C(\C(=O)C[C@@H]1C(=O)N(S(=O)(=O)O)[C@@H]1Cn1cc(CNC(=O)C[N+](C)(C)C)nn1)c1csc(N)n1)C(=O)O. The van der Waals surface area contributed by atoms with Crippen molar-refractivity contribution in [3.8, 4) is 0 Å². The quantitative estimate of drug-likeness (QED) is 0.0611. The number of rotatable bonds is 14. The second-order valence-electron chi connectivity index (χ2n) is 11.0. The summed E-state index contributed by atoms with van der Waals surface area (Å²) in [4.78, 5) is 58.6. The first-order valence-corrected chi connectivity index (χ1v) is 14.6. The van der Waals surface area contributed by atoms with E-state index < -0.39 is 57.7 Å². The Hall–Kier alpha value is -4.01. The van der Waals surface area contributed by atoms with Crippen molar-refractivity contribution >= 4 is 56.1 Å². The molecule has 2 aromatic heterocycles. The third-order valence-corrected chi connectivity index (χ3v) is 7.53. The van der Waals surface area contributed by atoms with Crippen molar-refractivity contribution in [1.29, 1.82) is 0 Å². The van der Waals surface area contributed by atoms with Gasteiger partial charge in [0.15, 0.2) is 23.2 Å². The number of likely N-dealkylation sites (N-methyl/N-ethyl adjacent to an activating group) is 1. The lowest BCUT2D eigenvalue weighted by atomic mass is 9.84. The van der Waals surface area contributed by atoms with E-state index in [9.17, 15) is 37.3 Å². The largest absolute Gasteiger partial charge is 0.478 e. The molecular formula is C22H32N9O9S2+. The van der Waals surface area contributed by atoms with Crippen LogP contribution < -0.4 is 11.1 Å². The number of carbonyl (C=O) groups is 4. The molecule has 0 spiro atoms.